The predicted molar refractivity (Wildman–Crippen MR) is 129 cm³/mol. The molecule has 0 radical (unpaired) electrons. The monoisotopic (exact) mass is 466 g/mol. The molecule has 2 aromatic rings. The van der Waals surface area contributed by atoms with Crippen LogP contribution in [0.3, 0.4) is 0 Å². The highest BCUT2D eigenvalue weighted by Crippen LogP contribution is 2.29. The zero-order valence-electron chi connectivity index (χ0n) is 19.9. The standard InChI is InChI=1S/C25H30N4O5/c1-5-33-21(30)15-29-22-17(2)10-9-13-19(22)20(14-28(3)4)26-23(24(29)31)27-25(32)34-16-18-11-7-6-8-12-18/h6-13,23H,5,14-16H2,1-4H3,(H,27,32)/t23-/m1/s1. The van der Waals surface area contributed by atoms with Gasteiger partial charge in [0.15, 0.2) is 0 Å². The number of hydrogen-bond donors (Lipinski definition) is 1. The molecule has 1 heterocycles. The number of carbonyl (C=O) groups excluding carboxylic acids is 3. The largest absolute Gasteiger partial charge is 0.465 e. The number of fused-ring (bicyclic) bond motifs is 1. The first-order valence-electron chi connectivity index (χ1n) is 11.1. The Bertz CT molecular complexity index is 1070. The van der Waals surface area contributed by atoms with E-state index >= 15 is 0 Å². The number of rotatable bonds is 8. The molecule has 2 aromatic carbocycles. The third-order valence-corrected chi connectivity index (χ3v) is 5.13. The van der Waals surface area contributed by atoms with Gasteiger partial charge in [0.05, 0.1) is 18.0 Å². The van der Waals surface area contributed by atoms with Crippen LogP contribution in [0.15, 0.2) is 53.5 Å². The molecule has 0 fully saturated rings. The van der Waals surface area contributed by atoms with E-state index in [4.69, 9.17) is 9.47 Å². The number of nitrogens with one attached hydrogen (secondary N) is 1. The van der Waals surface area contributed by atoms with Gasteiger partial charge in [-0.1, -0.05) is 48.5 Å². The molecule has 1 aliphatic heterocycles. The van der Waals surface area contributed by atoms with Gasteiger partial charge in [0, 0.05) is 12.1 Å². The topological polar surface area (TPSA) is 101 Å². The van der Waals surface area contributed by atoms with Gasteiger partial charge in [0.1, 0.15) is 13.2 Å². The molecule has 2 amide bonds. The number of para-hydroxylation sites is 1. The van der Waals surface area contributed by atoms with Gasteiger partial charge in [0.2, 0.25) is 6.17 Å². The van der Waals surface area contributed by atoms with Crippen LogP contribution in [0.5, 0.6) is 0 Å². The van der Waals surface area contributed by atoms with Crippen LogP contribution in [0.25, 0.3) is 0 Å². The van der Waals surface area contributed by atoms with Gasteiger partial charge in [0.25, 0.3) is 5.91 Å². The maximum atomic E-state index is 13.6. The fourth-order valence-electron chi connectivity index (χ4n) is 3.68. The Kier molecular flexibility index (Phi) is 8.37. The molecule has 0 aromatic heterocycles. The lowest BCUT2D eigenvalue weighted by Gasteiger charge is -2.26. The van der Waals surface area contributed by atoms with Crippen molar-refractivity contribution in [2.75, 3.05) is 38.7 Å². The van der Waals surface area contributed by atoms with Gasteiger partial charge in [-0.2, -0.15) is 0 Å². The van der Waals surface area contributed by atoms with Gasteiger partial charge >= 0.3 is 12.1 Å². The number of likely N-dealkylation sites (N-methyl/N-ethyl adjacent to an activating group) is 1. The second-order valence-corrected chi connectivity index (χ2v) is 8.12. The van der Waals surface area contributed by atoms with Crippen LogP contribution in [0.2, 0.25) is 0 Å². The van der Waals surface area contributed by atoms with Gasteiger partial charge in [-0.3, -0.25) is 24.8 Å². The Morgan fingerprint density at radius 1 is 1.09 bits per heavy atom. The zero-order valence-corrected chi connectivity index (χ0v) is 19.9. The maximum Gasteiger partial charge on any atom is 0.409 e. The lowest BCUT2D eigenvalue weighted by Crippen LogP contribution is -2.49. The molecule has 9 heteroatoms. The molecule has 34 heavy (non-hydrogen) atoms. The smallest absolute Gasteiger partial charge is 0.409 e. The van der Waals surface area contributed by atoms with E-state index in [9.17, 15) is 14.4 Å². The van der Waals surface area contributed by atoms with E-state index < -0.39 is 24.1 Å². The molecule has 0 saturated heterocycles. The lowest BCUT2D eigenvalue weighted by atomic mass is 10.0. The number of aliphatic imine (C=N–C) groups is 1. The number of alkyl carbamates (subject to hydrolysis) is 1. The summed E-state index contributed by atoms with van der Waals surface area (Å²) in [5.41, 5.74) is 3.51. The summed E-state index contributed by atoms with van der Waals surface area (Å²) in [5, 5.41) is 2.56. The van der Waals surface area contributed by atoms with Crippen molar-refractivity contribution in [3.63, 3.8) is 0 Å². The fourth-order valence-corrected chi connectivity index (χ4v) is 3.68. The summed E-state index contributed by atoms with van der Waals surface area (Å²) >= 11 is 0. The lowest BCUT2D eigenvalue weighted by molar-refractivity contribution is -0.142. The highest BCUT2D eigenvalue weighted by atomic mass is 16.5. The second-order valence-electron chi connectivity index (χ2n) is 8.12. The maximum absolute atomic E-state index is 13.6. The van der Waals surface area contributed by atoms with Crippen molar-refractivity contribution < 1.29 is 23.9 Å². The highest BCUT2D eigenvalue weighted by Gasteiger charge is 2.35. The van der Waals surface area contributed by atoms with E-state index in [1.165, 1.54) is 4.90 Å². The van der Waals surface area contributed by atoms with E-state index in [1.54, 1.807) is 6.92 Å². The van der Waals surface area contributed by atoms with Gasteiger partial charge in [-0.15, -0.1) is 0 Å². The normalized spacial score (nSPS) is 15.3. The van der Waals surface area contributed by atoms with E-state index in [0.717, 1.165) is 11.1 Å². The number of aryl methyl sites for hydroxylation is 1. The van der Waals surface area contributed by atoms with Crippen molar-refractivity contribution in [1.29, 1.82) is 0 Å². The van der Waals surface area contributed by atoms with Crippen molar-refractivity contribution in [2.45, 2.75) is 26.6 Å². The van der Waals surface area contributed by atoms with Gasteiger partial charge in [-0.25, -0.2) is 4.79 Å². The minimum Gasteiger partial charge on any atom is -0.465 e. The Labute approximate surface area is 199 Å². The average molecular weight is 467 g/mol. The minimum atomic E-state index is -1.26. The van der Waals surface area contributed by atoms with Crippen LogP contribution in [0.1, 0.15) is 23.6 Å². The Balaban J connectivity index is 1.93. The Morgan fingerprint density at radius 2 is 1.82 bits per heavy atom. The third kappa shape index (κ3) is 6.20. The quantitative estimate of drug-likeness (QED) is 0.600. The molecular formula is C25H30N4O5. The van der Waals surface area contributed by atoms with Crippen LogP contribution in [-0.2, 0) is 25.7 Å². The molecule has 180 valence electrons. The highest BCUT2D eigenvalue weighted by molar-refractivity contribution is 6.15. The number of benzene rings is 2. The van der Waals surface area contributed by atoms with Crippen molar-refractivity contribution in [3.05, 3.63) is 65.2 Å². The summed E-state index contributed by atoms with van der Waals surface area (Å²) in [6.45, 7) is 3.93. The van der Waals surface area contributed by atoms with Gasteiger partial charge < -0.3 is 14.4 Å². The third-order valence-electron chi connectivity index (χ3n) is 5.13. The van der Waals surface area contributed by atoms with E-state index in [1.807, 2.05) is 74.4 Å². The molecule has 0 saturated carbocycles. The predicted octanol–water partition coefficient (Wildman–Crippen LogP) is 2.51. The van der Waals surface area contributed by atoms with Crippen molar-refractivity contribution >= 4 is 29.4 Å². The summed E-state index contributed by atoms with van der Waals surface area (Å²) in [4.78, 5) is 46.3. The molecule has 1 aliphatic rings. The summed E-state index contributed by atoms with van der Waals surface area (Å²) in [6, 6.07) is 14.8. The van der Waals surface area contributed by atoms with Crippen LogP contribution >= 0.6 is 0 Å². The molecule has 3 rings (SSSR count). The zero-order chi connectivity index (χ0) is 24.7. The molecule has 1 atom stereocenters. The van der Waals surface area contributed by atoms with Crippen LogP contribution < -0.4 is 10.2 Å². The van der Waals surface area contributed by atoms with E-state index in [-0.39, 0.29) is 19.8 Å². The number of carbonyl (C=O) groups is 3. The Hall–Kier alpha value is -3.72. The fraction of sp³-hybridized carbons (Fsp3) is 0.360. The molecule has 0 aliphatic carbocycles. The first-order chi connectivity index (χ1) is 16.3. The van der Waals surface area contributed by atoms with Crippen LogP contribution in [0.4, 0.5) is 10.5 Å². The number of anilines is 1. The first kappa shape index (κ1) is 24.9. The minimum absolute atomic E-state index is 0.0493. The molecule has 0 spiro atoms. The first-order valence-corrected chi connectivity index (χ1v) is 11.1. The number of ether oxygens (including phenoxy) is 2. The molecule has 0 unspecified atom stereocenters. The molecule has 9 nitrogen and oxygen atoms in total. The number of esters is 1. The van der Waals surface area contributed by atoms with Crippen molar-refractivity contribution in [1.82, 2.24) is 10.2 Å². The van der Waals surface area contributed by atoms with Crippen molar-refractivity contribution in [3.8, 4) is 0 Å². The second kappa shape index (κ2) is 11.4. The number of nitrogens with zero attached hydrogens (tertiary/aromatic N) is 3. The van der Waals surface area contributed by atoms with Gasteiger partial charge in [-0.05, 0) is 39.1 Å². The van der Waals surface area contributed by atoms with E-state index in [0.29, 0.717) is 23.5 Å². The SMILES string of the molecule is CCOC(=O)CN1C(=O)[C@@H](NC(=O)OCc2ccccc2)N=C(CN(C)C)c2cccc(C)c21. The van der Waals surface area contributed by atoms with E-state index in [2.05, 4.69) is 10.3 Å². The van der Waals surface area contributed by atoms with Crippen molar-refractivity contribution in [2.24, 2.45) is 4.99 Å². The average Bonchev–Trinajstić information content (AvgIpc) is 2.90. The van der Waals surface area contributed by atoms with Crippen LogP contribution in [-0.4, -0.2) is 68.5 Å². The number of benzodiazepines with no additional fused rings is 1. The summed E-state index contributed by atoms with van der Waals surface area (Å²) in [7, 11) is 3.77. The molecule has 1 N–H and O–H groups in total. The Morgan fingerprint density at radius 3 is 2.50 bits per heavy atom. The summed E-state index contributed by atoms with van der Waals surface area (Å²) < 4.78 is 10.4. The molecular weight excluding hydrogens is 436 g/mol. The summed E-state index contributed by atoms with van der Waals surface area (Å²) in [5.74, 6) is -1.10. The number of amides is 2. The summed E-state index contributed by atoms with van der Waals surface area (Å²) in [6.07, 6.45) is -2.05. The molecule has 0 bridgehead atoms. The number of hydrogen-bond acceptors (Lipinski definition) is 7. The van der Waals surface area contributed by atoms with Crippen LogP contribution in [0, 0.1) is 6.92 Å².